The predicted molar refractivity (Wildman–Crippen MR) is 69.9 cm³/mol. The van der Waals surface area contributed by atoms with E-state index in [0.29, 0.717) is 0 Å². The van der Waals surface area contributed by atoms with E-state index >= 15 is 0 Å². The Bertz CT molecular complexity index is 364. The zero-order valence-electron chi connectivity index (χ0n) is 9.89. The Balaban J connectivity index is 2.17. The summed E-state index contributed by atoms with van der Waals surface area (Å²) >= 11 is 0. The van der Waals surface area contributed by atoms with E-state index < -0.39 is 0 Å². The van der Waals surface area contributed by atoms with Crippen molar-refractivity contribution >= 4 is 6.21 Å². The highest BCUT2D eigenvalue weighted by Gasteiger charge is 2.28. The van der Waals surface area contributed by atoms with Crippen LogP contribution in [0, 0.1) is 0 Å². The van der Waals surface area contributed by atoms with Gasteiger partial charge in [0.15, 0.2) is 0 Å². The molecular weight excluding hydrogens is 194 g/mol. The van der Waals surface area contributed by atoms with Gasteiger partial charge < -0.3 is 0 Å². The first kappa shape index (κ1) is 11.1. The van der Waals surface area contributed by atoms with E-state index in [1.54, 1.807) is 0 Å². The van der Waals surface area contributed by atoms with E-state index in [0.717, 1.165) is 0 Å². The topological polar surface area (TPSA) is 12.4 Å². The Morgan fingerprint density at radius 2 is 1.94 bits per heavy atom. The third-order valence-electron chi connectivity index (χ3n) is 3.27. The standard InChI is InChI=1S/C15H19N/c1-2-3-7-10-15(11-12-16-13-15)14-8-5-4-6-9-14/h4-6,8-9,11-13H,2-3,7,10H2,1H3. The van der Waals surface area contributed by atoms with Crippen molar-refractivity contribution in [2.75, 3.05) is 0 Å². The minimum Gasteiger partial charge on any atom is -0.268 e. The molecule has 0 bridgehead atoms. The number of rotatable bonds is 5. The number of unbranched alkanes of at least 4 members (excludes halogenated alkanes) is 2. The molecule has 1 aliphatic heterocycles. The van der Waals surface area contributed by atoms with Crippen molar-refractivity contribution in [3.05, 3.63) is 48.2 Å². The normalized spacial score (nSPS) is 22.8. The molecule has 1 nitrogen and oxygen atoms in total. The van der Waals surface area contributed by atoms with Crippen LogP contribution in [0.5, 0.6) is 0 Å². The maximum atomic E-state index is 4.29. The minimum atomic E-state index is 0.0659. The maximum absolute atomic E-state index is 4.29. The lowest BCUT2D eigenvalue weighted by atomic mass is 9.78. The fourth-order valence-corrected chi connectivity index (χ4v) is 2.27. The molecule has 1 heteroatoms. The van der Waals surface area contributed by atoms with E-state index in [-0.39, 0.29) is 5.41 Å². The smallest absolute Gasteiger partial charge is 0.0502 e. The van der Waals surface area contributed by atoms with Crippen LogP contribution in [0.4, 0.5) is 0 Å². The number of allylic oxidation sites excluding steroid dienone is 1. The first-order valence-corrected chi connectivity index (χ1v) is 6.15. The van der Waals surface area contributed by atoms with Crippen LogP contribution in [-0.4, -0.2) is 6.21 Å². The molecule has 0 aromatic heterocycles. The van der Waals surface area contributed by atoms with Crippen molar-refractivity contribution < 1.29 is 0 Å². The quantitative estimate of drug-likeness (QED) is 0.653. The summed E-state index contributed by atoms with van der Waals surface area (Å²) in [6.45, 7) is 2.24. The van der Waals surface area contributed by atoms with Gasteiger partial charge >= 0.3 is 0 Å². The van der Waals surface area contributed by atoms with Crippen LogP contribution in [-0.2, 0) is 5.41 Å². The van der Waals surface area contributed by atoms with Crippen LogP contribution in [0.25, 0.3) is 0 Å². The second kappa shape index (κ2) is 5.11. The van der Waals surface area contributed by atoms with Crippen molar-refractivity contribution in [3.63, 3.8) is 0 Å². The fraction of sp³-hybridized carbons (Fsp3) is 0.400. The minimum absolute atomic E-state index is 0.0659. The zero-order chi connectivity index (χ0) is 11.3. The van der Waals surface area contributed by atoms with E-state index in [4.69, 9.17) is 0 Å². The molecule has 84 valence electrons. The molecule has 0 N–H and O–H groups in total. The highest BCUT2D eigenvalue weighted by atomic mass is 14.7. The molecule has 0 spiro atoms. The van der Waals surface area contributed by atoms with Gasteiger partial charge in [0.2, 0.25) is 0 Å². The van der Waals surface area contributed by atoms with Gasteiger partial charge in [-0.3, -0.25) is 4.99 Å². The summed E-state index contributed by atoms with van der Waals surface area (Å²) in [4.78, 5) is 4.29. The Kier molecular flexibility index (Phi) is 3.55. The van der Waals surface area contributed by atoms with Crippen LogP contribution in [0.15, 0.2) is 47.6 Å². The first-order valence-electron chi connectivity index (χ1n) is 6.15. The van der Waals surface area contributed by atoms with Gasteiger partial charge in [-0.05, 0) is 12.0 Å². The maximum Gasteiger partial charge on any atom is 0.0502 e. The number of benzene rings is 1. The van der Waals surface area contributed by atoms with Gasteiger partial charge in [0.05, 0.1) is 5.41 Å². The molecule has 0 amide bonds. The summed E-state index contributed by atoms with van der Waals surface area (Å²) in [5.41, 5.74) is 1.43. The lowest BCUT2D eigenvalue weighted by Gasteiger charge is -2.24. The van der Waals surface area contributed by atoms with Gasteiger partial charge in [-0.1, -0.05) is 62.6 Å². The third-order valence-corrected chi connectivity index (χ3v) is 3.27. The Labute approximate surface area is 97.9 Å². The molecule has 0 saturated heterocycles. The monoisotopic (exact) mass is 213 g/mol. The largest absolute Gasteiger partial charge is 0.268 e. The van der Waals surface area contributed by atoms with Crippen molar-refractivity contribution in [1.29, 1.82) is 0 Å². The van der Waals surface area contributed by atoms with Crippen LogP contribution in [0.3, 0.4) is 0 Å². The SMILES string of the molecule is CCCCCC1(c2ccccc2)C=CN=C1. The summed E-state index contributed by atoms with van der Waals surface area (Å²) in [5, 5.41) is 0. The molecule has 0 fully saturated rings. The predicted octanol–water partition coefficient (Wildman–Crippen LogP) is 4.10. The Morgan fingerprint density at radius 1 is 1.12 bits per heavy atom. The molecule has 0 aliphatic carbocycles. The molecule has 0 saturated carbocycles. The highest BCUT2D eigenvalue weighted by molar-refractivity contribution is 5.79. The molecule has 1 atom stereocenters. The van der Waals surface area contributed by atoms with Gasteiger partial charge in [-0.2, -0.15) is 0 Å². The van der Waals surface area contributed by atoms with E-state index in [2.05, 4.69) is 54.5 Å². The average Bonchev–Trinajstić information content (AvgIpc) is 2.81. The first-order chi connectivity index (χ1) is 7.87. The molecule has 1 unspecified atom stereocenters. The molecule has 1 heterocycles. The average molecular weight is 213 g/mol. The molecule has 0 radical (unpaired) electrons. The molecule has 1 aromatic rings. The highest BCUT2D eigenvalue weighted by Crippen LogP contribution is 2.32. The van der Waals surface area contributed by atoms with Crippen LogP contribution < -0.4 is 0 Å². The molecule has 2 rings (SSSR count). The van der Waals surface area contributed by atoms with Crippen molar-refractivity contribution in [1.82, 2.24) is 0 Å². The molecule has 1 aromatic carbocycles. The number of hydrogen-bond acceptors (Lipinski definition) is 1. The summed E-state index contributed by atoms with van der Waals surface area (Å²) in [6, 6.07) is 10.7. The summed E-state index contributed by atoms with van der Waals surface area (Å²) in [6.07, 6.45) is 11.3. The second-order valence-corrected chi connectivity index (χ2v) is 4.46. The fourth-order valence-electron chi connectivity index (χ4n) is 2.27. The lowest BCUT2D eigenvalue weighted by molar-refractivity contribution is 0.580. The van der Waals surface area contributed by atoms with E-state index in [1.807, 2.05) is 6.20 Å². The molecule has 1 aliphatic rings. The second-order valence-electron chi connectivity index (χ2n) is 4.46. The number of hydrogen-bond donors (Lipinski definition) is 0. The number of aliphatic imine (C=N–C) groups is 1. The summed E-state index contributed by atoms with van der Waals surface area (Å²) in [5.74, 6) is 0. The van der Waals surface area contributed by atoms with Gasteiger partial charge in [0.25, 0.3) is 0 Å². The Morgan fingerprint density at radius 3 is 2.56 bits per heavy atom. The summed E-state index contributed by atoms with van der Waals surface area (Å²) in [7, 11) is 0. The van der Waals surface area contributed by atoms with Gasteiger partial charge in [-0.25, -0.2) is 0 Å². The van der Waals surface area contributed by atoms with Gasteiger partial charge in [-0.15, -0.1) is 0 Å². The van der Waals surface area contributed by atoms with Gasteiger partial charge in [0.1, 0.15) is 0 Å². The van der Waals surface area contributed by atoms with Crippen molar-refractivity contribution in [3.8, 4) is 0 Å². The third kappa shape index (κ3) is 2.24. The molecular formula is C15H19N. The Hall–Kier alpha value is -1.37. The van der Waals surface area contributed by atoms with Crippen LogP contribution >= 0.6 is 0 Å². The summed E-state index contributed by atoms with van der Waals surface area (Å²) < 4.78 is 0. The lowest BCUT2D eigenvalue weighted by Crippen LogP contribution is -2.23. The van der Waals surface area contributed by atoms with Crippen LogP contribution in [0.1, 0.15) is 38.2 Å². The van der Waals surface area contributed by atoms with Crippen LogP contribution in [0.2, 0.25) is 0 Å². The van der Waals surface area contributed by atoms with Gasteiger partial charge in [0, 0.05) is 12.4 Å². The van der Waals surface area contributed by atoms with E-state index in [1.165, 1.54) is 31.2 Å². The van der Waals surface area contributed by atoms with Crippen molar-refractivity contribution in [2.45, 2.75) is 38.0 Å². The van der Waals surface area contributed by atoms with E-state index in [9.17, 15) is 0 Å². The number of nitrogens with zero attached hydrogens (tertiary/aromatic N) is 1. The van der Waals surface area contributed by atoms with Crippen molar-refractivity contribution in [2.24, 2.45) is 4.99 Å². The molecule has 16 heavy (non-hydrogen) atoms. The zero-order valence-corrected chi connectivity index (χ0v) is 9.89.